The van der Waals surface area contributed by atoms with Crippen molar-refractivity contribution in [2.75, 3.05) is 13.2 Å². The van der Waals surface area contributed by atoms with Gasteiger partial charge in [0.05, 0.1) is 25.0 Å². The molecule has 94 valence electrons. The third-order valence-electron chi connectivity index (χ3n) is 2.83. The number of carbonyl (C=O) groups is 2. The van der Waals surface area contributed by atoms with Gasteiger partial charge in [0.15, 0.2) is 0 Å². The van der Waals surface area contributed by atoms with Crippen LogP contribution < -0.4 is 0 Å². The smallest absolute Gasteiger partial charge is 0.312 e. The molecule has 0 saturated carbocycles. The topological polar surface area (TPSA) is 52.6 Å². The third-order valence-corrected chi connectivity index (χ3v) is 2.83. The van der Waals surface area contributed by atoms with E-state index in [0.29, 0.717) is 13.2 Å². The summed E-state index contributed by atoms with van der Waals surface area (Å²) in [6.45, 7) is 9.69. The maximum Gasteiger partial charge on any atom is 0.312 e. The molecule has 0 aromatic carbocycles. The van der Waals surface area contributed by atoms with Crippen molar-refractivity contribution in [1.29, 1.82) is 0 Å². The van der Waals surface area contributed by atoms with Gasteiger partial charge in [0.25, 0.3) is 0 Å². The SMILES string of the molecule is CCOC(=O)CC(C)(C(=O)OCC)C(C)C. The van der Waals surface area contributed by atoms with Crippen molar-refractivity contribution < 1.29 is 19.1 Å². The van der Waals surface area contributed by atoms with E-state index in [1.807, 2.05) is 13.8 Å². The Balaban J connectivity index is 4.69. The second kappa shape index (κ2) is 6.51. The monoisotopic (exact) mass is 230 g/mol. The van der Waals surface area contributed by atoms with Crippen LogP contribution in [0.5, 0.6) is 0 Å². The highest BCUT2D eigenvalue weighted by Gasteiger charge is 2.40. The Morgan fingerprint density at radius 3 is 2.00 bits per heavy atom. The number of hydrogen-bond donors (Lipinski definition) is 0. The maximum atomic E-state index is 11.8. The second-order valence-corrected chi connectivity index (χ2v) is 4.27. The molecule has 0 aromatic rings. The molecule has 0 heterocycles. The summed E-state index contributed by atoms with van der Waals surface area (Å²) in [4.78, 5) is 23.3. The summed E-state index contributed by atoms with van der Waals surface area (Å²) in [5, 5.41) is 0. The fourth-order valence-electron chi connectivity index (χ4n) is 1.32. The Bertz CT molecular complexity index is 247. The van der Waals surface area contributed by atoms with Crippen LogP contribution in [0.15, 0.2) is 0 Å². The number of esters is 2. The van der Waals surface area contributed by atoms with Gasteiger partial charge >= 0.3 is 11.9 Å². The van der Waals surface area contributed by atoms with E-state index in [4.69, 9.17) is 9.47 Å². The summed E-state index contributed by atoms with van der Waals surface area (Å²) >= 11 is 0. The molecule has 0 bridgehead atoms. The van der Waals surface area contributed by atoms with Gasteiger partial charge in [-0.2, -0.15) is 0 Å². The van der Waals surface area contributed by atoms with Crippen LogP contribution >= 0.6 is 0 Å². The minimum Gasteiger partial charge on any atom is -0.466 e. The van der Waals surface area contributed by atoms with Crippen LogP contribution in [0.25, 0.3) is 0 Å². The maximum absolute atomic E-state index is 11.8. The van der Waals surface area contributed by atoms with E-state index in [2.05, 4.69) is 0 Å². The van der Waals surface area contributed by atoms with E-state index >= 15 is 0 Å². The van der Waals surface area contributed by atoms with Crippen LogP contribution in [0.3, 0.4) is 0 Å². The van der Waals surface area contributed by atoms with Gasteiger partial charge in [0.2, 0.25) is 0 Å². The van der Waals surface area contributed by atoms with Crippen molar-refractivity contribution in [2.45, 2.75) is 41.0 Å². The highest BCUT2D eigenvalue weighted by atomic mass is 16.5. The molecule has 0 N–H and O–H groups in total. The van der Waals surface area contributed by atoms with Crippen molar-refractivity contribution in [3.63, 3.8) is 0 Å². The molecule has 0 rings (SSSR count). The molecule has 1 atom stereocenters. The van der Waals surface area contributed by atoms with Gasteiger partial charge in [-0.25, -0.2) is 0 Å². The van der Waals surface area contributed by atoms with Gasteiger partial charge in [-0.1, -0.05) is 13.8 Å². The number of hydrogen-bond acceptors (Lipinski definition) is 4. The lowest BCUT2D eigenvalue weighted by atomic mass is 9.76. The largest absolute Gasteiger partial charge is 0.466 e. The summed E-state index contributed by atoms with van der Waals surface area (Å²) in [5.41, 5.74) is -0.803. The molecule has 4 heteroatoms. The van der Waals surface area contributed by atoms with Crippen LogP contribution in [-0.2, 0) is 19.1 Å². The van der Waals surface area contributed by atoms with E-state index in [0.717, 1.165) is 0 Å². The first kappa shape index (κ1) is 14.9. The third kappa shape index (κ3) is 3.83. The Morgan fingerprint density at radius 1 is 1.12 bits per heavy atom. The van der Waals surface area contributed by atoms with Crippen molar-refractivity contribution in [3.05, 3.63) is 0 Å². The highest BCUT2D eigenvalue weighted by Crippen LogP contribution is 2.33. The first-order chi connectivity index (χ1) is 7.38. The molecule has 1 unspecified atom stereocenters. The zero-order valence-electron chi connectivity index (χ0n) is 10.8. The van der Waals surface area contributed by atoms with Crippen LogP contribution in [0.4, 0.5) is 0 Å². The minimum absolute atomic E-state index is 0.0240. The van der Waals surface area contributed by atoms with Gasteiger partial charge in [0, 0.05) is 0 Å². The van der Waals surface area contributed by atoms with Crippen LogP contribution in [0, 0.1) is 11.3 Å². The fourth-order valence-corrected chi connectivity index (χ4v) is 1.32. The van der Waals surface area contributed by atoms with Crippen molar-refractivity contribution in [2.24, 2.45) is 11.3 Å². The Labute approximate surface area is 97.3 Å². The van der Waals surface area contributed by atoms with Crippen LogP contribution in [-0.4, -0.2) is 25.2 Å². The quantitative estimate of drug-likeness (QED) is 0.656. The average molecular weight is 230 g/mol. The first-order valence-electron chi connectivity index (χ1n) is 5.71. The molecule has 0 amide bonds. The molecule has 0 saturated heterocycles. The van der Waals surface area contributed by atoms with Crippen LogP contribution in [0.2, 0.25) is 0 Å². The molecule has 16 heavy (non-hydrogen) atoms. The number of rotatable bonds is 6. The molecule has 0 spiro atoms. The summed E-state index contributed by atoms with van der Waals surface area (Å²) < 4.78 is 9.87. The standard InChI is InChI=1S/C12H22O4/c1-6-15-10(13)8-12(5,9(3)4)11(14)16-7-2/h9H,6-8H2,1-5H3. The van der Waals surface area contributed by atoms with Gasteiger partial charge < -0.3 is 9.47 Å². The summed E-state index contributed by atoms with van der Waals surface area (Å²) in [5.74, 6) is -0.666. The second-order valence-electron chi connectivity index (χ2n) is 4.27. The van der Waals surface area contributed by atoms with Gasteiger partial charge in [0.1, 0.15) is 0 Å². The molecular formula is C12H22O4. The normalized spacial score (nSPS) is 14.4. The summed E-state index contributed by atoms with van der Waals surface area (Å²) in [7, 11) is 0. The predicted molar refractivity (Wildman–Crippen MR) is 60.8 cm³/mol. The lowest BCUT2D eigenvalue weighted by Gasteiger charge is -2.30. The zero-order chi connectivity index (χ0) is 12.8. The molecule has 0 aromatic heterocycles. The number of ether oxygens (including phenoxy) is 2. The average Bonchev–Trinajstić information content (AvgIpc) is 2.17. The molecule has 0 fully saturated rings. The Hall–Kier alpha value is -1.06. The molecule has 4 nitrogen and oxygen atoms in total. The van der Waals surface area contributed by atoms with Gasteiger partial charge in [-0.3, -0.25) is 9.59 Å². The Morgan fingerprint density at radius 2 is 1.62 bits per heavy atom. The molecule has 0 aliphatic heterocycles. The zero-order valence-corrected chi connectivity index (χ0v) is 10.8. The molecule has 0 radical (unpaired) electrons. The van der Waals surface area contributed by atoms with E-state index in [9.17, 15) is 9.59 Å². The van der Waals surface area contributed by atoms with E-state index < -0.39 is 5.41 Å². The fraction of sp³-hybridized carbons (Fsp3) is 0.833. The highest BCUT2D eigenvalue weighted by molar-refractivity contribution is 5.83. The summed E-state index contributed by atoms with van der Waals surface area (Å²) in [6, 6.07) is 0. The van der Waals surface area contributed by atoms with Crippen molar-refractivity contribution in [3.8, 4) is 0 Å². The number of carbonyl (C=O) groups excluding carboxylic acids is 2. The van der Waals surface area contributed by atoms with Crippen molar-refractivity contribution >= 4 is 11.9 Å². The molecule has 0 aliphatic carbocycles. The van der Waals surface area contributed by atoms with E-state index in [1.54, 1.807) is 20.8 Å². The van der Waals surface area contributed by atoms with E-state index in [-0.39, 0.29) is 24.3 Å². The first-order valence-corrected chi connectivity index (χ1v) is 5.71. The van der Waals surface area contributed by atoms with Crippen molar-refractivity contribution in [1.82, 2.24) is 0 Å². The molecular weight excluding hydrogens is 208 g/mol. The minimum atomic E-state index is -0.803. The van der Waals surface area contributed by atoms with Gasteiger partial charge in [-0.05, 0) is 26.7 Å². The van der Waals surface area contributed by atoms with E-state index in [1.165, 1.54) is 0 Å². The Kier molecular flexibility index (Phi) is 6.08. The van der Waals surface area contributed by atoms with Gasteiger partial charge in [-0.15, -0.1) is 0 Å². The molecule has 0 aliphatic rings. The predicted octanol–water partition coefficient (Wildman–Crippen LogP) is 2.17. The lowest BCUT2D eigenvalue weighted by Crippen LogP contribution is -2.37. The van der Waals surface area contributed by atoms with Crippen LogP contribution in [0.1, 0.15) is 41.0 Å². The summed E-state index contributed by atoms with van der Waals surface area (Å²) in [6.07, 6.45) is 0.0668. The lowest BCUT2D eigenvalue weighted by molar-refractivity contribution is -0.164.